The lowest BCUT2D eigenvalue weighted by Crippen LogP contribution is -2.48. The van der Waals surface area contributed by atoms with Crippen LogP contribution in [0.25, 0.3) is 0 Å². The second-order valence-electron chi connectivity index (χ2n) is 9.70. The van der Waals surface area contributed by atoms with Crippen LogP contribution in [0.2, 0.25) is 0 Å². The van der Waals surface area contributed by atoms with Crippen molar-refractivity contribution in [1.29, 1.82) is 0 Å². The molecule has 1 aromatic rings. The lowest BCUT2D eigenvalue weighted by Gasteiger charge is -2.24. The molecule has 2 bridgehead atoms. The number of unbranched alkanes of at least 4 members (excludes halogenated alkanes) is 1. The molecule has 1 aromatic heterocycles. The second-order valence-corrected chi connectivity index (χ2v) is 11.7. The van der Waals surface area contributed by atoms with Crippen LogP contribution >= 0.6 is 23.5 Å². The summed E-state index contributed by atoms with van der Waals surface area (Å²) in [7, 11) is 0. The molecular formula is C29H40N4O6S2. The molecule has 3 amide bonds. The third-order valence-corrected chi connectivity index (χ3v) is 7.83. The number of nitrogens with zero attached hydrogens (tertiary/aromatic N) is 1. The average Bonchev–Trinajstić information content (AvgIpc) is 2.94. The number of hydrogen-bond acceptors (Lipinski definition) is 9. The smallest absolute Gasteiger partial charge is 0.329 e. The molecule has 0 saturated carbocycles. The second kappa shape index (κ2) is 17.6. The van der Waals surface area contributed by atoms with Crippen LogP contribution < -0.4 is 16.0 Å². The molecule has 224 valence electrons. The number of allylic oxidation sites excluding steroid dienone is 2. The summed E-state index contributed by atoms with van der Waals surface area (Å²) in [5.74, 6) is -2.09. The number of fused-ring (bicyclic) bond motifs is 2. The fourth-order valence-electron chi connectivity index (χ4n) is 3.77. The number of nitrogens with one attached hydrogen (secondary N) is 3. The van der Waals surface area contributed by atoms with Crippen molar-refractivity contribution in [2.75, 3.05) is 12.0 Å². The highest BCUT2D eigenvalue weighted by molar-refractivity contribution is 8.13. The minimum absolute atomic E-state index is 0.0319. The van der Waals surface area contributed by atoms with E-state index in [2.05, 4.69) is 20.9 Å². The molecule has 1 aliphatic rings. The molecular weight excluding hydrogens is 564 g/mol. The minimum atomic E-state index is -1.03. The Morgan fingerprint density at radius 2 is 1.95 bits per heavy atom. The van der Waals surface area contributed by atoms with Crippen LogP contribution in [-0.2, 0) is 30.5 Å². The number of carbonyl (C=O) groups excluding carboxylic acids is 5. The lowest BCUT2D eigenvalue weighted by atomic mass is 10.0. The van der Waals surface area contributed by atoms with Gasteiger partial charge in [0.15, 0.2) is 5.12 Å². The van der Waals surface area contributed by atoms with Crippen molar-refractivity contribution >= 4 is 52.3 Å². The van der Waals surface area contributed by atoms with Gasteiger partial charge in [0.05, 0.1) is 18.7 Å². The van der Waals surface area contributed by atoms with Crippen molar-refractivity contribution < 1.29 is 28.7 Å². The van der Waals surface area contributed by atoms with Crippen LogP contribution in [0.1, 0.15) is 76.0 Å². The molecule has 0 unspecified atom stereocenters. The van der Waals surface area contributed by atoms with Crippen molar-refractivity contribution in [2.24, 2.45) is 5.92 Å². The molecule has 0 aliphatic carbocycles. The Morgan fingerprint density at radius 1 is 1.20 bits per heavy atom. The SMILES string of the molecule is C/C=C1\NC(=O)c2nc(ccc2SC)CNC(=O)C[C@@H](/C=C/CCSC(=O)CCCC)OC(=O)[C@H](C(C)C)NC1=O. The zero-order chi connectivity index (χ0) is 30.4. The van der Waals surface area contributed by atoms with Gasteiger partial charge in [-0.1, -0.05) is 51.1 Å². The highest BCUT2D eigenvalue weighted by Gasteiger charge is 2.30. The summed E-state index contributed by atoms with van der Waals surface area (Å²) in [6.07, 6.45) is 8.56. The first kappa shape index (κ1) is 34.1. The van der Waals surface area contributed by atoms with Crippen LogP contribution in [0.15, 0.2) is 41.0 Å². The van der Waals surface area contributed by atoms with E-state index in [1.54, 1.807) is 51.3 Å². The van der Waals surface area contributed by atoms with Gasteiger partial charge < -0.3 is 20.7 Å². The van der Waals surface area contributed by atoms with Gasteiger partial charge in [-0.25, -0.2) is 9.78 Å². The summed E-state index contributed by atoms with van der Waals surface area (Å²) in [6.45, 7) is 7.20. The number of carbonyl (C=O) groups is 5. The van der Waals surface area contributed by atoms with Crippen LogP contribution in [0.4, 0.5) is 0 Å². The van der Waals surface area contributed by atoms with E-state index < -0.39 is 29.9 Å². The maximum absolute atomic E-state index is 13.2. The van der Waals surface area contributed by atoms with Gasteiger partial charge in [-0.3, -0.25) is 19.2 Å². The summed E-state index contributed by atoms with van der Waals surface area (Å²) in [5.41, 5.74) is 0.541. The molecule has 0 aromatic carbocycles. The van der Waals surface area contributed by atoms with E-state index in [4.69, 9.17) is 4.74 Å². The Morgan fingerprint density at radius 3 is 2.61 bits per heavy atom. The average molecular weight is 605 g/mol. The number of pyridine rings is 1. The van der Waals surface area contributed by atoms with Gasteiger partial charge in [0.2, 0.25) is 5.91 Å². The van der Waals surface area contributed by atoms with Crippen LogP contribution in [0.3, 0.4) is 0 Å². The zero-order valence-corrected chi connectivity index (χ0v) is 25.9. The van der Waals surface area contributed by atoms with Gasteiger partial charge in [0, 0.05) is 17.1 Å². The first-order valence-electron chi connectivity index (χ1n) is 13.7. The molecule has 2 heterocycles. The monoisotopic (exact) mass is 604 g/mol. The predicted octanol–water partition coefficient (Wildman–Crippen LogP) is 3.91. The van der Waals surface area contributed by atoms with Crippen molar-refractivity contribution in [2.45, 2.75) is 83.4 Å². The van der Waals surface area contributed by atoms with Gasteiger partial charge >= 0.3 is 5.97 Å². The number of rotatable bonds is 9. The Bertz CT molecular complexity index is 1170. The summed E-state index contributed by atoms with van der Waals surface area (Å²) in [5, 5.41) is 8.16. The maximum Gasteiger partial charge on any atom is 0.329 e. The number of cyclic esters (lactones) is 1. The maximum atomic E-state index is 13.2. The standard InChI is InChI=1S/C29H40N4O6S2/c1-6-8-12-24(35)41-15-10-9-11-20-16-23(34)30-17-19-13-14-22(40-5)26(31-19)28(37)32-21(7-2)27(36)33-25(18(3)4)29(38)39-20/h7,9,11,13-14,18,20,25H,6,8,10,12,15-17H2,1-5H3,(H,30,34)(H,32,37)(H,33,36)/b11-9+,21-7-/t20-,25+/m1/s1. The topological polar surface area (TPSA) is 144 Å². The fraction of sp³-hybridized carbons (Fsp3) is 0.517. The van der Waals surface area contributed by atoms with Crippen molar-refractivity contribution in [3.05, 3.63) is 47.4 Å². The summed E-state index contributed by atoms with van der Waals surface area (Å²) in [6, 6.07) is 2.41. The number of ether oxygens (including phenoxy) is 1. The van der Waals surface area contributed by atoms with Gasteiger partial charge in [-0.2, -0.15) is 0 Å². The quantitative estimate of drug-likeness (QED) is 0.126. The van der Waals surface area contributed by atoms with Crippen LogP contribution in [-0.4, -0.2) is 57.9 Å². The molecule has 1 aliphatic heterocycles. The molecule has 0 radical (unpaired) electrons. The molecule has 41 heavy (non-hydrogen) atoms. The van der Waals surface area contributed by atoms with Gasteiger partial charge in [0.25, 0.3) is 11.8 Å². The summed E-state index contributed by atoms with van der Waals surface area (Å²) >= 11 is 2.59. The van der Waals surface area contributed by atoms with Crippen molar-refractivity contribution in [3.63, 3.8) is 0 Å². The minimum Gasteiger partial charge on any atom is -0.456 e. The fourth-order valence-corrected chi connectivity index (χ4v) is 5.07. The Kier molecular flexibility index (Phi) is 14.7. The van der Waals surface area contributed by atoms with Gasteiger partial charge in [-0.15, -0.1) is 11.8 Å². The third kappa shape index (κ3) is 11.3. The number of aromatic nitrogens is 1. The Hall–Kier alpha value is -3.12. The van der Waals surface area contributed by atoms with Crippen molar-refractivity contribution in [1.82, 2.24) is 20.9 Å². The largest absolute Gasteiger partial charge is 0.456 e. The third-order valence-electron chi connectivity index (χ3n) is 6.09. The molecule has 12 heteroatoms. The normalized spacial score (nSPS) is 20.1. The van der Waals surface area contributed by atoms with E-state index in [9.17, 15) is 24.0 Å². The highest BCUT2D eigenvalue weighted by Crippen LogP contribution is 2.20. The van der Waals surface area contributed by atoms with E-state index in [0.717, 1.165) is 12.8 Å². The van der Waals surface area contributed by atoms with Crippen LogP contribution in [0, 0.1) is 5.92 Å². The van der Waals surface area contributed by atoms with E-state index in [1.807, 2.05) is 6.92 Å². The van der Waals surface area contributed by atoms with Crippen LogP contribution in [0.5, 0.6) is 0 Å². The van der Waals surface area contributed by atoms with Crippen molar-refractivity contribution in [3.8, 4) is 0 Å². The Labute approximate surface area is 250 Å². The zero-order valence-electron chi connectivity index (χ0n) is 24.3. The van der Waals surface area contributed by atoms with E-state index in [0.29, 0.717) is 29.2 Å². The first-order valence-corrected chi connectivity index (χ1v) is 15.9. The van der Waals surface area contributed by atoms with E-state index in [-0.39, 0.29) is 41.3 Å². The molecule has 0 saturated heterocycles. The predicted molar refractivity (Wildman–Crippen MR) is 161 cm³/mol. The number of thioether (sulfide) groups is 2. The Balaban J connectivity index is 2.31. The molecule has 0 spiro atoms. The van der Waals surface area contributed by atoms with E-state index >= 15 is 0 Å². The van der Waals surface area contributed by atoms with Gasteiger partial charge in [-0.05, 0) is 50.1 Å². The molecule has 2 atom stereocenters. The first-order chi connectivity index (χ1) is 19.6. The number of esters is 1. The number of amides is 3. The molecule has 3 N–H and O–H groups in total. The molecule has 0 fully saturated rings. The summed E-state index contributed by atoms with van der Waals surface area (Å²) < 4.78 is 5.69. The number of hydrogen-bond donors (Lipinski definition) is 3. The van der Waals surface area contributed by atoms with E-state index in [1.165, 1.54) is 29.6 Å². The molecule has 10 nitrogen and oxygen atoms in total. The highest BCUT2D eigenvalue weighted by atomic mass is 32.2. The van der Waals surface area contributed by atoms with Gasteiger partial charge in [0.1, 0.15) is 23.5 Å². The lowest BCUT2D eigenvalue weighted by molar-refractivity contribution is -0.153. The molecule has 2 rings (SSSR count). The summed E-state index contributed by atoms with van der Waals surface area (Å²) in [4.78, 5) is 69.1.